The van der Waals surface area contributed by atoms with Crippen molar-refractivity contribution in [2.45, 2.75) is 68.2 Å². The second-order valence-electron chi connectivity index (χ2n) is 11.2. The fourth-order valence-electron chi connectivity index (χ4n) is 4.36. The van der Waals surface area contributed by atoms with Gasteiger partial charge in [0.25, 0.3) is 0 Å². The van der Waals surface area contributed by atoms with Crippen LogP contribution >= 0.6 is 0 Å². The van der Waals surface area contributed by atoms with Crippen LogP contribution < -0.4 is 5.32 Å². The Balaban J connectivity index is 2.35. The monoisotopic (exact) mass is 530 g/mol. The van der Waals surface area contributed by atoms with Gasteiger partial charge in [-0.1, -0.05) is 65.8 Å². The first-order valence-corrected chi connectivity index (χ1v) is 13.3. The number of hydrogen-bond acceptors (Lipinski definition) is 6. The molecular weight excluding hydrogens is 496 g/mol. The van der Waals surface area contributed by atoms with Gasteiger partial charge in [-0.3, -0.25) is 9.59 Å². The first kappa shape index (κ1) is 28.2. The van der Waals surface area contributed by atoms with E-state index < -0.39 is 46.9 Å². The lowest BCUT2D eigenvalue weighted by Crippen LogP contribution is -2.46. The van der Waals surface area contributed by atoms with Crippen LogP contribution in [0.25, 0.3) is 0 Å². The summed E-state index contributed by atoms with van der Waals surface area (Å²) in [5, 5.41) is 12.0. The van der Waals surface area contributed by atoms with E-state index in [1.807, 2.05) is 41.5 Å². The molecule has 1 heterocycles. The molecule has 3 rings (SSSR count). The Hall–Kier alpha value is -3.40. The van der Waals surface area contributed by atoms with Crippen molar-refractivity contribution in [3.05, 3.63) is 58.7 Å². The van der Waals surface area contributed by atoms with Crippen molar-refractivity contribution >= 4 is 27.8 Å². The smallest absolute Gasteiger partial charge is 0.407 e. The fourth-order valence-corrected chi connectivity index (χ4v) is 6.05. The summed E-state index contributed by atoms with van der Waals surface area (Å²) in [5.41, 5.74) is 1.61. The topological polar surface area (TPSA) is 130 Å². The number of carbonyl (C=O) groups is 3. The van der Waals surface area contributed by atoms with Crippen LogP contribution in [0, 0.1) is 0 Å². The average molecular weight is 531 g/mol. The lowest BCUT2D eigenvalue weighted by atomic mass is 9.82. The molecule has 0 aliphatic carbocycles. The van der Waals surface area contributed by atoms with E-state index in [2.05, 4.69) is 10.1 Å². The van der Waals surface area contributed by atoms with Crippen LogP contribution in [0.15, 0.2) is 46.2 Å². The normalized spacial score (nSPS) is 14.8. The number of ether oxygens (including phenoxy) is 1. The molecule has 0 radical (unpaired) electrons. The van der Waals surface area contributed by atoms with Crippen molar-refractivity contribution in [1.29, 1.82) is 0 Å². The Morgan fingerprint density at radius 1 is 0.919 bits per heavy atom. The molecule has 0 atom stereocenters. The van der Waals surface area contributed by atoms with E-state index in [0.29, 0.717) is 11.1 Å². The zero-order valence-corrected chi connectivity index (χ0v) is 23.0. The molecule has 9 nitrogen and oxygen atoms in total. The van der Waals surface area contributed by atoms with Crippen molar-refractivity contribution in [2.24, 2.45) is 0 Å². The highest BCUT2D eigenvalue weighted by molar-refractivity contribution is 7.91. The fraction of sp³-hybridized carbons (Fsp3) is 0.444. The van der Waals surface area contributed by atoms with E-state index in [-0.39, 0.29) is 20.6 Å². The maximum Gasteiger partial charge on any atom is 0.407 e. The Morgan fingerprint density at radius 3 is 1.76 bits per heavy atom. The van der Waals surface area contributed by atoms with E-state index in [1.165, 1.54) is 12.1 Å². The molecule has 0 bridgehead atoms. The first-order valence-electron chi connectivity index (χ1n) is 11.9. The van der Waals surface area contributed by atoms with Crippen LogP contribution in [-0.2, 0) is 35.0 Å². The summed E-state index contributed by atoms with van der Waals surface area (Å²) >= 11 is 0. The number of aliphatic carboxylic acids is 1. The standard InChI is InChI=1S/C27H34N2O7S/c1-26(2,3)16-8-10-20-18(12-16)24(29(15-23(31)32)22(30)14-28-25(33)36-7)19-13-17(27(4,5)6)9-11-21(19)37(20,34)35/h8-13,24H,14-15H2,1-7H3,(H,28,33)(H,31,32). The van der Waals surface area contributed by atoms with Gasteiger partial charge in [-0.05, 0) is 45.2 Å². The van der Waals surface area contributed by atoms with Crippen molar-refractivity contribution in [2.75, 3.05) is 20.2 Å². The van der Waals surface area contributed by atoms with Gasteiger partial charge in [-0.2, -0.15) is 0 Å². The molecule has 0 unspecified atom stereocenters. The molecule has 2 amide bonds. The summed E-state index contributed by atoms with van der Waals surface area (Å²) in [4.78, 5) is 38.1. The number of fused-ring (bicyclic) bond motifs is 2. The van der Waals surface area contributed by atoms with Crippen molar-refractivity contribution < 1.29 is 32.6 Å². The number of nitrogens with zero attached hydrogens (tertiary/aromatic N) is 1. The van der Waals surface area contributed by atoms with Gasteiger partial charge in [0.05, 0.1) is 22.9 Å². The van der Waals surface area contributed by atoms with Gasteiger partial charge < -0.3 is 20.1 Å². The molecule has 0 aromatic heterocycles. The molecule has 37 heavy (non-hydrogen) atoms. The van der Waals surface area contributed by atoms with Crippen LogP contribution in [0.3, 0.4) is 0 Å². The Kier molecular flexibility index (Phi) is 7.47. The van der Waals surface area contributed by atoms with Gasteiger partial charge in [0.15, 0.2) is 0 Å². The first-order chi connectivity index (χ1) is 17.0. The number of carboxylic acids is 1. The highest BCUT2D eigenvalue weighted by Crippen LogP contribution is 2.46. The summed E-state index contributed by atoms with van der Waals surface area (Å²) in [7, 11) is -2.80. The Bertz CT molecular complexity index is 1280. The van der Waals surface area contributed by atoms with Gasteiger partial charge in [0.1, 0.15) is 13.1 Å². The van der Waals surface area contributed by atoms with Crippen LogP contribution in [0.5, 0.6) is 0 Å². The Labute approximate surface area is 217 Å². The largest absolute Gasteiger partial charge is 0.480 e. The molecule has 1 aliphatic heterocycles. The molecule has 10 heteroatoms. The van der Waals surface area contributed by atoms with Crippen molar-refractivity contribution in [3.63, 3.8) is 0 Å². The molecule has 0 saturated carbocycles. The van der Waals surface area contributed by atoms with E-state index in [9.17, 15) is 27.9 Å². The minimum atomic E-state index is -3.95. The Morgan fingerprint density at radius 2 is 1.38 bits per heavy atom. The molecule has 2 aromatic rings. The van der Waals surface area contributed by atoms with E-state index >= 15 is 0 Å². The van der Waals surface area contributed by atoms with Crippen LogP contribution in [0.1, 0.15) is 69.8 Å². The highest BCUT2D eigenvalue weighted by Gasteiger charge is 2.42. The van der Waals surface area contributed by atoms with Crippen molar-refractivity contribution in [1.82, 2.24) is 10.2 Å². The number of carbonyl (C=O) groups excluding carboxylic acids is 2. The van der Waals surface area contributed by atoms with Gasteiger partial charge in [-0.25, -0.2) is 13.2 Å². The summed E-state index contributed by atoms with van der Waals surface area (Å²) in [6.45, 7) is 10.7. The molecule has 200 valence electrons. The number of rotatable bonds is 5. The third-order valence-corrected chi connectivity index (χ3v) is 8.33. The third kappa shape index (κ3) is 5.64. The van der Waals surface area contributed by atoms with E-state index in [4.69, 9.17) is 0 Å². The summed E-state index contributed by atoms with van der Waals surface area (Å²) in [5.74, 6) is -1.97. The number of amides is 2. The molecule has 2 aromatic carbocycles. The molecule has 0 saturated heterocycles. The van der Waals surface area contributed by atoms with Gasteiger partial charge in [0, 0.05) is 0 Å². The van der Waals surface area contributed by atoms with Gasteiger partial charge in [-0.15, -0.1) is 0 Å². The SMILES string of the molecule is COC(=O)NCC(=O)N(CC(=O)O)C1c2cc(C(C)(C)C)ccc2S(=O)(=O)c2ccc(C(C)(C)C)cc21. The van der Waals surface area contributed by atoms with Gasteiger partial charge >= 0.3 is 12.1 Å². The predicted octanol–water partition coefficient (Wildman–Crippen LogP) is 3.79. The third-order valence-electron chi connectivity index (χ3n) is 6.43. The summed E-state index contributed by atoms with van der Waals surface area (Å²) in [6.07, 6.45) is -0.847. The number of hydrogen-bond donors (Lipinski definition) is 2. The lowest BCUT2D eigenvalue weighted by Gasteiger charge is -2.38. The minimum absolute atomic E-state index is 0.0191. The van der Waals surface area contributed by atoms with Crippen molar-refractivity contribution in [3.8, 4) is 0 Å². The van der Waals surface area contributed by atoms with E-state index in [1.54, 1.807) is 24.3 Å². The zero-order valence-electron chi connectivity index (χ0n) is 22.2. The number of carboxylic acid groups (broad SMARTS) is 1. The van der Waals surface area contributed by atoms with Crippen LogP contribution in [-0.4, -0.2) is 56.6 Å². The second kappa shape index (κ2) is 9.81. The zero-order chi connectivity index (χ0) is 27.9. The number of sulfone groups is 1. The molecule has 2 N–H and O–H groups in total. The average Bonchev–Trinajstić information content (AvgIpc) is 2.79. The van der Waals surface area contributed by atoms with Crippen LogP contribution in [0.4, 0.5) is 4.79 Å². The maximum atomic E-state index is 13.7. The minimum Gasteiger partial charge on any atom is -0.480 e. The second-order valence-corrected chi connectivity index (χ2v) is 13.1. The molecule has 0 fully saturated rings. The van der Waals surface area contributed by atoms with Crippen LogP contribution in [0.2, 0.25) is 0 Å². The number of methoxy groups -OCH3 is 1. The molecule has 0 spiro atoms. The predicted molar refractivity (Wildman–Crippen MR) is 137 cm³/mol. The summed E-state index contributed by atoms with van der Waals surface area (Å²) < 4.78 is 32.0. The van der Waals surface area contributed by atoms with E-state index in [0.717, 1.165) is 23.1 Å². The van der Waals surface area contributed by atoms with Gasteiger partial charge in [0.2, 0.25) is 15.7 Å². The summed E-state index contributed by atoms with van der Waals surface area (Å²) in [6, 6.07) is 8.99. The number of nitrogens with one attached hydrogen (secondary N) is 1. The highest BCUT2D eigenvalue weighted by atomic mass is 32.2. The number of benzene rings is 2. The maximum absolute atomic E-state index is 13.7. The lowest BCUT2D eigenvalue weighted by molar-refractivity contribution is -0.145. The quantitative estimate of drug-likeness (QED) is 0.602. The molecular formula is C27H34N2O7S. The molecule has 1 aliphatic rings. The number of alkyl carbamates (subject to hydrolysis) is 1.